The summed E-state index contributed by atoms with van der Waals surface area (Å²) >= 11 is 0. The number of aromatic carboxylic acids is 1. The zero-order valence-electron chi connectivity index (χ0n) is 12.4. The lowest BCUT2D eigenvalue weighted by atomic mass is 10.1. The van der Waals surface area contributed by atoms with Crippen LogP contribution in [0.5, 0.6) is 0 Å². The summed E-state index contributed by atoms with van der Waals surface area (Å²) in [7, 11) is 0. The molecule has 25 heavy (non-hydrogen) atoms. The maximum Gasteiger partial charge on any atom is 0.416 e. The Morgan fingerprint density at radius 1 is 0.840 bits per heavy atom. The summed E-state index contributed by atoms with van der Waals surface area (Å²) in [6, 6.07) is 8.91. The first kappa shape index (κ1) is 18.0. The Morgan fingerprint density at radius 3 is 2.04 bits per heavy atom. The SMILES string of the molecule is O=C(NNC(=O)c1ccccc1C(=O)O)c1cccc(C(F)(F)F)c1. The van der Waals surface area contributed by atoms with Gasteiger partial charge in [-0.2, -0.15) is 13.2 Å². The summed E-state index contributed by atoms with van der Waals surface area (Å²) in [6.07, 6.45) is -4.61. The second kappa shape index (κ2) is 7.04. The average molecular weight is 352 g/mol. The second-order valence-corrected chi connectivity index (χ2v) is 4.84. The predicted octanol–water partition coefficient (Wildman–Crippen LogP) is 2.48. The summed E-state index contributed by atoms with van der Waals surface area (Å²) < 4.78 is 37.9. The fourth-order valence-electron chi connectivity index (χ4n) is 1.96. The van der Waals surface area contributed by atoms with Gasteiger partial charge in [0.25, 0.3) is 11.8 Å². The predicted molar refractivity (Wildman–Crippen MR) is 79.8 cm³/mol. The Labute approximate surface area is 139 Å². The van der Waals surface area contributed by atoms with Crippen molar-refractivity contribution in [2.45, 2.75) is 6.18 Å². The molecule has 0 spiro atoms. The van der Waals surface area contributed by atoms with Gasteiger partial charge in [-0.05, 0) is 30.3 Å². The number of carbonyl (C=O) groups is 3. The van der Waals surface area contributed by atoms with Crippen molar-refractivity contribution >= 4 is 17.8 Å². The van der Waals surface area contributed by atoms with Gasteiger partial charge < -0.3 is 5.11 Å². The van der Waals surface area contributed by atoms with E-state index in [-0.39, 0.29) is 16.7 Å². The molecule has 0 atom stereocenters. The summed E-state index contributed by atoms with van der Waals surface area (Å²) in [5.41, 5.74) is 2.09. The molecule has 130 valence electrons. The minimum Gasteiger partial charge on any atom is -0.478 e. The topological polar surface area (TPSA) is 95.5 Å². The van der Waals surface area contributed by atoms with Gasteiger partial charge in [0.15, 0.2) is 0 Å². The number of amides is 2. The van der Waals surface area contributed by atoms with Gasteiger partial charge in [-0.15, -0.1) is 0 Å². The van der Waals surface area contributed by atoms with Crippen molar-refractivity contribution < 1.29 is 32.7 Å². The normalized spacial score (nSPS) is 10.8. The molecule has 2 aromatic rings. The fourth-order valence-corrected chi connectivity index (χ4v) is 1.96. The van der Waals surface area contributed by atoms with Crippen LogP contribution in [-0.2, 0) is 6.18 Å². The number of benzene rings is 2. The molecule has 9 heteroatoms. The lowest BCUT2D eigenvalue weighted by molar-refractivity contribution is -0.137. The third kappa shape index (κ3) is 4.34. The zero-order chi connectivity index (χ0) is 18.6. The molecular weight excluding hydrogens is 341 g/mol. The largest absolute Gasteiger partial charge is 0.478 e. The van der Waals surface area contributed by atoms with Crippen LogP contribution in [-0.4, -0.2) is 22.9 Å². The maximum atomic E-state index is 12.6. The lowest BCUT2D eigenvalue weighted by Gasteiger charge is -2.11. The molecule has 0 aromatic heterocycles. The molecule has 0 aliphatic rings. The summed E-state index contributed by atoms with van der Waals surface area (Å²) in [5, 5.41) is 9.00. The van der Waals surface area contributed by atoms with Crippen molar-refractivity contribution in [2.75, 3.05) is 0 Å². The van der Waals surface area contributed by atoms with E-state index >= 15 is 0 Å². The summed E-state index contributed by atoms with van der Waals surface area (Å²) in [4.78, 5) is 34.9. The van der Waals surface area contributed by atoms with Gasteiger partial charge in [0.1, 0.15) is 0 Å². The number of carbonyl (C=O) groups excluding carboxylic acids is 2. The smallest absolute Gasteiger partial charge is 0.416 e. The van der Waals surface area contributed by atoms with Gasteiger partial charge in [0, 0.05) is 5.56 Å². The first-order valence-corrected chi connectivity index (χ1v) is 6.80. The highest BCUT2D eigenvalue weighted by molar-refractivity contribution is 6.05. The van der Waals surface area contributed by atoms with Gasteiger partial charge in [-0.3, -0.25) is 20.4 Å². The number of carboxylic acids is 1. The Balaban J connectivity index is 2.11. The molecule has 0 aliphatic carbocycles. The molecule has 0 saturated carbocycles. The molecule has 0 fully saturated rings. The van der Waals surface area contributed by atoms with Gasteiger partial charge in [-0.25, -0.2) is 4.79 Å². The number of carboxylic acid groups (broad SMARTS) is 1. The molecule has 6 nitrogen and oxygen atoms in total. The van der Waals surface area contributed by atoms with Gasteiger partial charge in [-0.1, -0.05) is 18.2 Å². The molecule has 0 heterocycles. The van der Waals surface area contributed by atoms with Crippen LogP contribution in [0.2, 0.25) is 0 Å². The summed E-state index contributed by atoms with van der Waals surface area (Å²) in [6.45, 7) is 0. The van der Waals surface area contributed by atoms with Gasteiger partial charge in [0.05, 0.1) is 16.7 Å². The standard InChI is InChI=1S/C16H11F3N2O4/c17-16(18,19)10-5-3-4-9(8-10)13(22)20-21-14(23)11-6-1-2-7-12(11)15(24)25/h1-8H,(H,20,22)(H,21,23)(H,24,25). The van der Waals surface area contributed by atoms with Crippen LogP contribution in [0, 0.1) is 0 Å². The van der Waals surface area contributed by atoms with Crippen molar-refractivity contribution in [3.63, 3.8) is 0 Å². The van der Waals surface area contributed by atoms with E-state index in [1.54, 1.807) is 0 Å². The van der Waals surface area contributed by atoms with Crippen molar-refractivity contribution in [2.24, 2.45) is 0 Å². The molecule has 0 bridgehead atoms. The molecule has 0 radical (unpaired) electrons. The van der Waals surface area contributed by atoms with E-state index in [0.29, 0.717) is 6.07 Å². The van der Waals surface area contributed by atoms with E-state index in [1.807, 2.05) is 10.9 Å². The van der Waals surface area contributed by atoms with Crippen LogP contribution < -0.4 is 10.9 Å². The number of rotatable bonds is 3. The van der Waals surface area contributed by atoms with E-state index in [9.17, 15) is 27.6 Å². The Morgan fingerprint density at radius 2 is 1.44 bits per heavy atom. The lowest BCUT2D eigenvalue weighted by Crippen LogP contribution is -2.42. The fraction of sp³-hybridized carbons (Fsp3) is 0.0625. The molecule has 2 aromatic carbocycles. The van der Waals surface area contributed by atoms with E-state index in [0.717, 1.165) is 18.2 Å². The third-order valence-corrected chi connectivity index (χ3v) is 3.14. The highest BCUT2D eigenvalue weighted by Gasteiger charge is 2.31. The average Bonchev–Trinajstić information content (AvgIpc) is 2.58. The first-order valence-electron chi connectivity index (χ1n) is 6.80. The highest BCUT2D eigenvalue weighted by atomic mass is 19.4. The maximum absolute atomic E-state index is 12.6. The first-order chi connectivity index (χ1) is 11.7. The van der Waals surface area contributed by atoms with E-state index in [4.69, 9.17) is 5.11 Å². The van der Waals surface area contributed by atoms with Crippen molar-refractivity contribution in [3.8, 4) is 0 Å². The Bertz CT molecular complexity index is 834. The Hall–Kier alpha value is -3.36. The molecule has 0 saturated heterocycles. The molecule has 2 rings (SSSR count). The van der Waals surface area contributed by atoms with Crippen molar-refractivity contribution in [3.05, 3.63) is 70.8 Å². The molecular formula is C16H11F3N2O4. The highest BCUT2D eigenvalue weighted by Crippen LogP contribution is 2.29. The van der Waals surface area contributed by atoms with Crippen LogP contribution in [0.15, 0.2) is 48.5 Å². The monoisotopic (exact) mass is 352 g/mol. The van der Waals surface area contributed by atoms with Crippen LogP contribution in [0.3, 0.4) is 0 Å². The van der Waals surface area contributed by atoms with Crippen LogP contribution in [0.25, 0.3) is 0 Å². The molecule has 3 N–H and O–H groups in total. The third-order valence-electron chi connectivity index (χ3n) is 3.14. The van der Waals surface area contributed by atoms with Crippen LogP contribution in [0.1, 0.15) is 36.6 Å². The van der Waals surface area contributed by atoms with Gasteiger partial charge in [0.2, 0.25) is 0 Å². The second-order valence-electron chi connectivity index (χ2n) is 4.84. The Kier molecular flexibility index (Phi) is 5.06. The number of nitrogens with one attached hydrogen (secondary N) is 2. The number of alkyl halides is 3. The number of hydrogen-bond donors (Lipinski definition) is 3. The van der Waals surface area contributed by atoms with Crippen LogP contribution >= 0.6 is 0 Å². The zero-order valence-corrected chi connectivity index (χ0v) is 12.4. The van der Waals surface area contributed by atoms with Crippen molar-refractivity contribution in [1.82, 2.24) is 10.9 Å². The number of hydrogen-bond acceptors (Lipinski definition) is 3. The molecule has 0 aliphatic heterocycles. The minimum absolute atomic E-state index is 0.209. The minimum atomic E-state index is -4.61. The number of hydrazine groups is 1. The van der Waals surface area contributed by atoms with Crippen LogP contribution in [0.4, 0.5) is 13.2 Å². The van der Waals surface area contributed by atoms with E-state index in [2.05, 4.69) is 0 Å². The van der Waals surface area contributed by atoms with E-state index in [1.165, 1.54) is 24.3 Å². The molecule has 0 unspecified atom stereocenters. The molecule has 2 amide bonds. The summed E-state index contributed by atoms with van der Waals surface area (Å²) in [5.74, 6) is -3.24. The number of halogens is 3. The van der Waals surface area contributed by atoms with Crippen molar-refractivity contribution in [1.29, 1.82) is 0 Å². The quantitative estimate of drug-likeness (QED) is 0.740. The van der Waals surface area contributed by atoms with E-state index < -0.39 is 29.5 Å². The van der Waals surface area contributed by atoms with Gasteiger partial charge >= 0.3 is 12.1 Å².